The number of ether oxygens (including phenoxy) is 3. The zero-order valence-electron chi connectivity index (χ0n) is 32.3. The Labute approximate surface area is 296 Å². The molecule has 0 aromatic heterocycles. The number of nitrogens with zero attached hydrogens (tertiary/aromatic N) is 1. The first-order chi connectivity index (χ1) is 23.0. The van der Waals surface area contributed by atoms with Crippen molar-refractivity contribution in [2.24, 2.45) is 23.7 Å². The van der Waals surface area contributed by atoms with Crippen LogP contribution in [-0.4, -0.2) is 93.2 Å². The van der Waals surface area contributed by atoms with Crippen molar-refractivity contribution in [2.75, 3.05) is 47.5 Å². The van der Waals surface area contributed by atoms with E-state index in [4.69, 9.17) is 14.2 Å². The van der Waals surface area contributed by atoms with Crippen molar-refractivity contribution in [2.45, 2.75) is 118 Å². The van der Waals surface area contributed by atoms with Gasteiger partial charge in [-0.05, 0) is 102 Å². The molecule has 11 heteroatoms. The van der Waals surface area contributed by atoms with Crippen LogP contribution >= 0.6 is 0 Å². The third-order valence-corrected chi connectivity index (χ3v) is 8.45. The summed E-state index contributed by atoms with van der Waals surface area (Å²) in [4.78, 5) is 41.7. The number of nitrogens with one attached hydrogen (secondary N) is 3. The number of amides is 3. The van der Waals surface area contributed by atoms with Crippen LogP contribution in [0.5, 0.6) is 5.75 Å². The van der Waals surface area contributed by atoms with Gasteiger partial charge in [-0.25, -0.2) is 4.79 Å². The van der Waals surface area contributed by atoms with Gasteiger partial charge in [0.1, 0.15) is 11.4 Å². The number of hydrogen-bond donors (Lipinski definition) is 4. The lowest BCUT2D eigenvalue weighted by Gasteiger charge is -2.33. The molecule has 0 saturated heterocycles. The lowest BCUT2D eigenvalue weighted by atomic mass is 9.82. The number of unbranched alkanes of at least 4 members (excludes halogenated alkanes) is 2. The monoisotopic (exact) mass is 693 g/mol. The molecule has 1 aromatic rings. The van der Waals surface area contributed by atoms with Gasteiger partial charge in [0.2, 0.25) is 5.91 Å². The van der Waals surface area contributed by atoms with Crippen LogP contribution in [0.1, 0.15) is 110 Å². The Bertz CT molecular complexity index is 1120. The van der Waals surface area contributed by atoms with E-state index in [0.717, 1.165) is 31.2 Å². The summed E-state index contributed by atoms with van der Waals surface area (Å²) in [6, 6.07) is 4.95. The van der Waals surface area contributed by atoms with E-state index in [-0.39, 0.29) is 36.0 Å². The number of aliphatic hydroxyl groups excluding tert-OH is 1. The van der Waals surface area contributed by atoms with Gasteiger partial charge in [-0.15, -0.1) is 0 Å². The molecule has 282 valence electrons. The fourth-order valence-corrected chi connectivity index (χ4v) is 5.50. The molecule has 0 heterocycles. The Kier molecular flexibility index (Phi) is 20.5. The van der Waals surface area contributed by atoms with Crippen LogP contribution in [0.2, 0.25) is 0 Å². The highest BCUT2D eigenvalue weighted by molar-refractivity contribution is 5.97. The fourth-order valence-electron chi connectivity index (χ4n) is 5.50. The summed E-state index contributed by atoms with van der Waals surface area (Å²) in [5, 5.41) is 20.6. The smallest absolute Gasteiger partial charge is 0.407 e. The second-order valence-corrected chi connectivity index (χ2v) is 15.1. The van der Waals surface area contributed by atoms with E-state index in [1.165, 1.54) is 0 Å². The molecular weight excluding hydrogens is 624 g/mol. The predicted octanol–water partition coefficient (Wildman–Crippen LogP) is 5.78. The summed E-state index contributed by atoms with van der Waals surface area (Å²) in [5.41, 5.74) is 0.766. The van der Waals surface area contributed by atoms with Crippen molar-refractivity contribution >= 4 is 17.9 Å². The second kappa shape index (κ2) is 22.8. The molecule has 0 aliphatic heterocycles. The summed E-state index contributed by atoms with van der Waals surface area (Å²) >= 11 is 0. The third kappa shape index (κ3) is 18.1. The fraction of sp³-hybridized carbons (Fsp3) is 0.763. The van der Waals surface area contributed by atoms with Gasteiger partial charge in [0, 0.05) is 39.3 Å². The van der Waals surface area contributed by atoms with Gasteiger partial charge in [0.05, 0.1) is 24.3 Å². The van der Waals surface area contributed by atoms with Gasteiger partial charge < -0.3 is 40.2 Å². The molecular formula is C38H68N4O7. The molecule has 0 aliphatic carbocycles. The predicted molar refractivity (Wildman–Crippen MR) is 196 cm³/mol. The van der Waals surface area contributed by atoms with Crippen LogP contribution in [0.25, 0.3) is 0 Å². The molecule has 4 atom stereocenters. The number of aliphatic hydroxyl groups is 1. The van der Waals surface area contributed by atoms with Crippen molar-refractivity contribution in [3.05, 3.63) is 29.3 Å². The zero-order chi connectivity index (χ0) is 37.1. The van der Waals surface area contributed by atoms with E-state index in [1.807, 2.05) is 40.1 Å². The van der Waals surface area contributed by atoms with Crippen molar-refractivity contribution < 1.29 is 33.7 Å². The number of benzene rings is 1. The zero-order valence-corrected chi connectivity index (χ0v) is 32.3. The van der Waals surface area contributed by atoms with Gasteiger partial charge >= 0.3 is 6.09 Å². The first kappa shape index (κ1) is 44.1. The molecule has 0 saturated carbocycles. The second-order valence-electron chi connectivity index (χ2n) is 15.1. The lowest BCUT2D eigenvalue weighted by molar-refractivity contribution is -0.127. The Morgan fingerprint density at radius 3 is 2.18 bits per heavy atom. The number of alkyl carbamates (subject to hydrolysis) is 1. The summed E-state index contributed by atoms with van der Waals surface area (Å²) in [7, 11) is 5.65. The average molecular weight is 693 g/mol. The summed E-state index contributed by atoms with van der Waals surface area (Å²) in [6.07, 6.45) is 2.40. The summed E-state index contributed by atoms with van der Waals surface area (Å²) < 4.78 is 16.8. The average Bonchev–Trinajstić information content (AvgIpc) is 2.99. The lowest BCUT2D eigenvalue weighted by Crippen LogP contribution is -2.49. The van der Waals surface area contributed by atoms with E-state index < -0.39 is 29.8 Å². The van der Waals surface area contributed by atoms with Crippen LogP contribution < -0.4 is 20.7 Å². The van der Waals surface area contributed by atoms with Crippen molar-refractivity contribution in [3.8, 4) is 5.75 Å². The van der Waals surface area contributed by atoms with Gasteiger partial charge in [-0.2, -0.15) is 0 Å². The van der Waals surface area contributed by atoms with Gasteiger partial charge in [0.15, 0.2) is 0 Å². The molecule has 0 spiro atoms. The normalized spacial score (nSPS) is 14.3. The van der Waals surface area contributed by atoms with Crippen molar-refractivity contribution in [1.29, 1.82) is 0 Å². The molecule has 4 N–H and O–H groups in total. The Hall–Kier alpha value is -2.89. The SMILES string of the molecule is CCCCNC(=O)C(CC(O)C(CC(CNC(=O)c1ccc(CN(C)C)cc1OCCCCOC)C(C)C)NC(=O)OC(C)(C)C)C(C)C. The van der Waals surface area contributed by atoms with Crippen LogP contribution in [0.15, 0.2) is 18.2 Å². The highest BCUT2D eigenvalue weighted by Gasteiger charge is 2.33. The minimum absolute atomic E-state index is 0.0147. The number of hydrogen-bond acceptors (Lipinski definition) is 8. The van der Waals surface area contributed by atoms with E-state index in [9.17, 15) is 19.5 Å². The standard InChI is InChI=1S/C38H68N4O7/c1-12-13-18-39-36(45)31(27(4)5)23-33(43)32(41-37(46)49-38(6,7)8)22-29(26(2)3)24-40-35(44)30-17-16-28(25-42(9)10)21-34(30)48-20-15-14-19-47-11/h16-17,21,26-27,29,31-33,43H,12-15,18-20,22-25H2,1-11H3,(H,39,45)(H,40,44)(H,41,46). The number of rotatable bonds is 23. The molecule has 1 rings (SSSR count). The quantitative estimate of drug-likeness (QED) is 0.106. The van der Waals surface area contributed by atoms with E-state index >= 15 is 0 Å². The van der Waals surface area contributed by atoms with E-state index in [0.29, 0.717) is 50.6 Å². The number of carbonyl (C=O) groups excluding carboxylic acids is 3. The summed E-state index contributed by atoms with van der Waals surface area (Å²) in [6.45, 7) is 18.2. The third-order valence-electron chi connectivity index (χ3n) is 8.45. The minimum atomic E-state index is -1.02. The largest absolute Gasteiger partial charge is 0.493 e. The highest BCUT2D eigenvalue weighted by Crippen LogP contribution is 2.26. The summed E-state index contributed by atoms with van der Waals surface area (Å²) in [5.74, 6) is -0.274. The molecule has 4 unspecified atom stereocenters. The van der Waals surface area contributed by atoms with Crippen LogP contribution in [0.4, 0.5) is 4.79 Å². The van der Waals surface area contributed by atoms with Crippen LogP contribution in [0.3, 0.4) is 0 Å². The Morgan fingerprint density at radius 1 is 0.939 bits per heavy atom. The minimum Gasteiger partial charge on any atom is -0.493 e. The Balaban J connectivity index is 3.20. The molecule has 3 amide bonds. The molecule has 49 heavy (non-hydrogen) atoms. The Morgan fingerprint density at radius 2 is 1.61 bits per heavy atom. The van der Waals surface area contributed by atoms with E-state index in [1.54, 1.807) is 33.9 Å². The highest BCUT2D eigenvalue weighted by atomic mass is 16.6. The van der Waals surface area contributed by atoms with Gasteiger partial charge in [0.25, 0.3) is 5.91 Å². The molecule has 0 bridgehead atoms. The molecule has 0 aliphatic rings. The topological polar surface area (TPSA) is 138 Å². The number of carbonyl (C=O) groups is 3. The first-order valence-electron chi connectivity index (χ1n) is 18.1. The first-order valence-corrected chi connectivity index (χ1v) is 18.1. The van der Waals surface area contributed by atoms with Gasteiger partial charge in [-0.3, -0.25) is 9.59 Å². The maximum Gasteiger partial charge on any atom is 0.407 e. The maximum atomic E-state index is 13.6. The molecule has 0 fully saturated rings. The molecule has 11 nitrogen and oxygen atoms in total. The molecule has 1 aromatic carbocycles. The maximum absolute atomic E-state index is 13.6. The van der Waals surface area contributed by atoms with Crippen LogP contribution in [-0.2, 0) is 20.8 Å². The van der Waals surface area contributed by atoms with Crippen molar-refractivity contribution in [3.63, 3.8) is 0 Å². The van der Waals surface area contributed by atoms with Gasteiger partial charge in [-0.1, -0.05) is 47.1 Å². The number of methoxy groups -OCH3 is 1. The van der Waals surface area contributed by atoms with Crippen molar-refractivity contribution in [1.82, 2.24) is 20.9 Å². The molecule has 0 radical (unpaired) electrons. The van der Waals surface area contributed by atoms with Crippen LogP contribution in [0, 0.1) is 23.7 Å². The van der Waals surface area contributed by atoms with E-state index in [2.05, 4.69) is 41.6 Å².